The number of nitrogens with zero attached hydrogens (tertiary/aromatic N) is 3. The van der Waals surface area contributed by atoms with Crippen LogP contribution in [0.2, 0.25) is 0 Å². The van der Waals surface area contributed by atoms with Crippen LogP contribution >= 0.6 is 11.8 Å². The lowest BCUT2D eigenvalue weighted by atomic mass is 10.1. The van der Waals surface area contributed by atoms with Crippen LogP contribution in [0, 0.1) is 13.8 Å². The van der Waals surface area contributed by atoms with Crippen molar-refractivity contribution in [1.29, 1.82) is 0 Å². The van der Waals surface area contributed by atoms with Gasteiger partial charge in [-0.25, -0.2) is 0 Å². The molecule has 4 nitrogen and oxygen atoms in total. The number of hydrogen-bond acceptors (Lipinski definition) is 4. The van der Waals surface area contributed by atoms with Gasteiger partial charge in [-0.2, -0.15) is 11.8 Å². The van der Waals surface area contributed by atoms with Gasteiger partial charge in [0.15, 0.2) is 0 Å². The Morgan fingerprint density at radius 3 is 2.54 bits per heavy atom. The van der Waals surface area contributed by atoms with E-state index in [2.05, 4.69) is 40.7 Å². The third kappa shape index (κ3) is 3.60. The van der Waals surface area contributed by atoms with Gasteiger partial charge >= 0.3 is 0 Å². The van der Waals surface area contributed by atoms with E-state index >= 15 is 0 Å². The van der Waals surface area contributed by atoms with Gasteiger partial charge in [0.05, 0.1) is 16.8 Å². The van der Waals surface area contributed by atoms with Gasteiger partial charge in [0, 0.05) is 37.6 Å². The molecule has 0 spiro atoms. The van der Waals surface area contributed by atoms with Crippen LogP contribution in [0.3, 0.4) is 0 Å². The lowest BCUT2D eigenvalue weighted by molar-refractivity contribution is 0.0558. The fraction of sp³-hybridized carbons (Fsp3) is 0.524. The van der Waals surface area contributed by atoms with Gasteiger partial charge in [-0.1, -0.05) is 11.6 Å². The van der Waals surface area contributed by atoms with Gasteiger partial charge in [0.25, 0.3) is 5.91 Å². The number of benzene rings is 1. The van der Waals surface area contributed by atoms with Crippen molar-refractivity contribution in [2.45, 2.75) is 32.7 Å². The molecule has 4 rings (SSSR count). The highest BCUT2D eigenvalue weighted by Gasteiger charge is 2.28. The Bertz CT molecular complexity index is 808. The number of aryl methyl sites for hydroxylation is 2. The van der Waals surface area contributed by atoms with Gasteiger partial charge < -0.3 is 4.90 Å². The minimum atomic E-state index is 0.136. The molecule has 5 heteroatoms. The maximum absolute atomic E-state index is 13.1. The quantitative estimate of drug-likeness (QED) is 0.812. The summed E-state index contributed by atoms with van der Waals surface area (Å²) in [7, 11) is 0. The van der Waals surface area contributed by atoms with E-state index < -0.39 is 0 Å². The van der Waals surface area contributed by atoms with E-state index in [9.17, 15) is 4.79 Å². The molecule has 1 aromatic heterocycles. The molecule has 1 aromatic carbocycles. The predicted molar refractivity (Wildman–Crippen MR) is 109 cm³/mol. The third-order valence-electron chi connectivity index (χ3n) is 5.70. The number of carbonyl (C=O) groups excluding carboxylic acids is 1. The van der Waals surface area contributed by atoms with Gasteiger partial charge in [-0.3, -0.25) is 14.7 Å². The molecule has 0 radical (unpaired) electrons. The molecule has 0 bridgehead atoms. The molecule has 0 unspecified atom stereocenters. The summed E-state index contributed by atoms with van der Waals surface area (Å²) in [6.45, 7) is 7.67. The van der Waals surface area contributed by atoms with Crippen molar-refractivity contribution < 1.29 is 4.79 Å². The molecule has 0 aliphatic carbocycles. The molecule has 2 aromatic rings. The number of carbonyl (C=O) groups is 1. The first-order valence-corrected chi connectivity index (χ1v) is 10.8. The Morgan fingerprint density at radius 2 is 1.81 bits per heavy atom. The van der Waals surface area contributed by atoms with Gasteiger partial charge in [0.2, 0.25) is 0 Å². The van der Waals surface area contributed by atoms with E-state index in [1.807, 2.05) is 24.0 Å². The van der Waals surface area contributed by atoms with Crippen LogP contribution < -0.4 is 0 Å². The normalized spacial score (nSPS) is 19.8. The number of hydrogen-bond donors (Lipinski definition) is 0. The van der Waals surface area contributed by atoms with Crippen molar-refractivity contribution in [1.82, 2.24) is 14.8 Å². The Labute approximate surface area is 160 Å². The molecule has 2 saturated heterocycles. The predicted octanol–water partition coefficient (Wildman–Crippen LogP) is 3.51. The SMILES string of the molecule is Cc1ccc2nc(C)c(C(=O)N3CCN(C4CCSCC4)CC3)cc2c1. The number of piperazine rings is 1. The molecular formula is C21H27N3OS. The lowest BCUT2D eigenvalue weighted by Crippen LogP contribution is -2.52. The molecule has 26 heavy (non-hydrogen) atoms. The summed E-state index contributed by atoms with van der Waals surface area (Å²) in [6, 6.07) is 8.96. The van der Waals surface area contributed by atoms with Crippen molar-refractivity contribution >= 4 is 28.6 Å². The zero-order chi connectivity index (χ0) is 18.1. The first-order chi connectivity index (χ1) is 12.6. The van der Waals surface area contributed by atoms with Crippen LogP contribution in [-0.4, -0.2) is 64.4 Å². The molecule has 0 N–H and O–H groups in total. The number of fused-ring (bicyclic) bond motifs is 1. The molecule has 3 heterocycles. The smallest absolute Gasteiger partial charge is 0.255 e. The average molecular weight is 370 g/mol. The standard InChI is InChI=1S/C21H27N3OS/c1-15-3-4-20-17(13-15)14-19(16(2)22-20)21(25)24-9-7-23(8-10-24)18-5-11-26-12-6-18/h3-4,13-14,18H,5-12H2,1-2H3. The maximum Gasteiger partial charge on any atom is 0.255 e. The maximum atomic E-state index is 13.1. The number of thioether (sulfide) groups is 1. The minimum absolute atomic E-state index is 0.136. The monoisotopic (exact) mass is 369 g/mol. The summed E-state index contributed by atoms with van der Waals surface area (Å²) in [5, 5.41) is 1.05. The molecule has 1 amide bonds. The fourth-order valence-corrected chi connectivity index (χ4v) is 5.20. The zero-order valence-corrected chi connectivity index (χ0v) is 16.5. The zero-order valence-electron chi connectivity index (χ0n) is 15.7. The van der Waals surface area contributed by atoms with E-state index in [-0.39, 0.29) is 5.91 Å². The number of amides is 1. The third-order valence-corrected chi connectivity index (χ3v) is 6.75. The summed E-state index contributed by atoms with van der Waals surface area (Å²) in [5.41, 5.74) is 3.74. The van der Waals surface area contributed by atoms with E-state index in [4.69, 9.17) is 0 Å². The molecule has 138 valence electrons. The summed E-state index contributed by atoms with van der Waals surface area (Å²) in [5.74, 6) is 2.70. The molecule has 0 saturated carbocycles. The second-order valence-corrected chi connectivity index (χ2v) is 8.71. The molecule has 0 atom stereocenters. The highest BCUT2D eigenvalue weighted by molar-refractivity contribution is 7.99. The fourth-order valence-electron chi connectivity index (χ4n) is 4.12. The van der Waals surface area contributed by atoms with Crippen molar-refractivity contribution in [2.24, 2.45) is 0 Å². The minimum Gasteiger partial charge on any atom is -0.336 e. The summed E-state index contributed by atoms with van der Waals surface area (Å²) in [4.78, 5) is 22.4. The van der Waals surface area contributed by atoms with Crippen LogP contribution in [0.15, 0.2) is 24.3 Å². The van der Waals surface area contributed by atoms with Crippen molar-refractivity contribution in [3.8, 4) is 0 Å². The second kappa shape index (κ2) is 7.57. The Balaban J connectivity index is 1.48. The van der Waals surface area contributed by atoms with Gasteiger partial charge in [0.1, 0.15) is 0 Å². The lowest BCUT2D eigenvalue weighted by Gasteiger charge is -2.40. The largest absolute Gasteiger partial charge is 0.336 e. The van der Waals surface area contributed by atoms with Crippen LogP contribution in [0.4, 0.5) is 0 Å². The summed E-state index contributed by atoms with van der Waals surface area (Å²) >= 11 is 2.07. The Morgan fingerprint density at radius 1 is 1.08 bits per heavy atom. The Kier molecular flexibility index (Phi) is 5.18. The number of pyridine rings is 1. The van der Waals surface area contributed by atoms with Gasteiger partial charge in [-0.15, -0.1) is 0 Å². The average Bonchev–Trinajstić information content (AvgIpc) is 2.68. The van der Waals surface area contributed by atoms with E-state index in [1.54, 1.807) is 0 Å². The molecular weight excluding hydrogens is 342 g/mol. The van der Waals surface area contributed by atoms with Crippen molar-refractivity contribution in [3.05, 3.63) is 41.1 Å². The van der Waals surface area contributed by atoms with E-state index in [0.29, 0.717) is 0 Å². The van der Waals surface area contributed by atoms with Crippen LogP contribution in [-0.2, 0) is 0 Å². The summed E-state index contributed by atoms with van der Waals surface area (Å²) in [6.07, 6.45) is 2.59. The van der Waals surface area contributed by atoms with Crippen LogP contribution in [0.5, 0.6) is 0 Å². The first kappa shape index (κ1) is 17.8. The van der Waals surface area contributed by atoms with E-state index in [1.165, 1.54) is 29.9 Å². The molecule has 2 aliphatic rings. The first-order valence-electron chi connectivity index (χ1n) is 9.61. The number of rotatable bonds is 2. The summed E-state index contributed by atoms with van der Waals surface area (Å²) < 4.78 is 0. The highest BCUT2D eigenvalue weighted by atomic mass is 32.2. The topological polar surface area (TPSA) is 36.4 Å². The van der Waals surface area contributed by atoms with Gasteiger partial charge in [-0.05, 0) is 56.4 Å². The van der Waals surface area contributed by atoms with Crippen LogP contribution in [0.1, 0.15) is 34.5 Å². The second-order valence-electron chi connectivity index (χ2n) is 7.49. The van der Waals surface area contributed by atoms with Crippen molar-refractivity contribution in [3.63, 3.8) is 0 Å². The molecule has 2 aliphatic heterocycles. The molecule has 2 fully saturated rings. The number of aromatic nitrogens is 1. The van der Waals surface area contributed by atoms with Crippen LogP contribution in [0.25, 0.3) is 10.9 Å². The highest BCUT2D eigenvalue weighted by Crippen LogP contribution is 2.24. The Hall–Kier alpha value is -1.59. The van der Waals surface area contributed by atoms with E-state index in [0.717, 1.165) is 54.4 Å². The van der Waals surface area contributed by atoms with Crippen molar-refractivity contribution in [2.75, 3.05) is 37.7 Å².